The summed E-state index contributed by atoms with van der Waals surface area (Å²) >= 11 is 0. The Morgan fingerprint density at radius 3 is 2.45 bits per heavy atom. The number of piperazine rings is 1. The van der Waals surface area contributed by atoms with Gasteiger partial charge in [-0.1, -0.05) is 32.9 Å². The Labute approximate surface area is 171 Å². The van der Waals surface area contributed by atoms with E-state index in [2.05, 4.69) is 20.2 Å². The molecule has 1 aliphatic rings. The summed E-state index contributed by atoms with van der Waals surface area (Å²) in [6.07, 6.45) is 0. The zero-order valence-electron chi connectivity index (χ0n) is 17.6. The van der Waals surface area contributed by atoms with Crippen LogP contribution in [0.3, 0.4) is 0 Å². The average Bonchev–Trinajstić information content (AvgIpc) is 2.67. The summed E-state index contributed by atoms with van der Waals surface area (Å²) in [7, 11) is 0. The topological polar surface area (TPSA) is 104 Å². The van der Waals surface area contributed by atoms with Gasteiger partial charge in [-0.3, -0.25) is 14.5 Å². The van der Waals surface area contributed by atoms with Crippen molar-refractivity contribution >= 4 is 28.5 Å². The number of hydrogen-bond donors (Lipinski definition) is 2. The number of hydrogen-bond acceptors (Lipinski definition) is 6. The molecule has 8 heteroatoms. The molecule has 29 heavy (non-hydrogen) atoms. The van der Waals surface area contributed by atoms with Gasteiger partial charge in [-0.05, 0) is 19.1 Å². The molecule has 1 aromatic heterocycles. The minimum absolute atomic E-state index is 0.0477. The van der Waals surface area contributed by atoms with E-state index in [9.17, 15) is 9.59 Å². The van der Waals surface area contributed by atoms with Gasteiger partial charge in [0.1, 0.15) is 17.7 Å². The molecule has 2 amide bonds. The van der Waals surface area contributed by atoms with Gasteiger partial charge in [0.15, 0.2) is 0 Å². The molecule has 0 saturated carbocycles. The molecule has 1 aromatic carbocycles. The Balaban J connectivity index is 1.55. The summed E-state index contributed by atoms with van der Waals surface area (Å²) in [5.74, 6) is 1.01. The zero-order valence-corrected chi connectivity index (χ0v) is 17.6. The number of para-hydroxylation sites is 1. The third-order valence-electron chi connectivity index (χ3n) is 5.13. The molecule has 0 radical (unpaired) electrons. The van der Waals surface area contributed by atoms with Crippen molar-refractivity contribution in [1.82, 2.24) is 25.1 Å². The molecule has 0 aliphatic carbocycles. The van der Waals surface area contributed by atoms with E-state index in [-0.39, 0.29) is 11.8 Å². The lowest BCUT2D eigenvalue weighted by Gasteiger charge is -2.36. The molecule has 0 bridgehead atoms. The number of aromatic nitrogens is 2. The first-order valence-corrected chi connectivity index (χ1v) is 9.98. The van der Waals surface area contributed by atoms with Crippen LogP contribution in [-0.4, -0.2) is 63.8 Å². The highest BCUT2D eigenvalue weighted by molar-refractivity contribution is 5.89. The molecule has 1 unspecified atom stereocenters. The molecular weight excluding hydrogens is 368 g/mol. The van der Waals surface area contributed by atoms with Gasteiger partial charge in [-0.2, -0.15) is 0 Å². The van der Waals surface area contributed by atoms with Gasteiger partial charge in [-0.15, -0.1) is 0 Å². The maximum absolute atomic E-state index is 12.7. The maximum Gasteiger partial charge on any atom is 0.244 e. The van der Waals surface area contributed by atoms with Crippen LogP contribution in [0, 0.1) is 5.41 Å². The normalized spacial score (nSPS) is 16.6. The van der Waals surface area contributed by atoms with E-state index in [0.717, 1.165) is 24.0 Å². The van der Waals surface area contributed by atoms with E-state index < -0.39 is 11.5 Å². The molecule has 3 rings (SSSR count). The molecule has 3 N–H and O–H groups in total. The molecule has 2 aromatic rings. The average molecular weight is 399 g/mol. The van der Waals surface area contributed by atoms with Crippen LogP contribution in [-0.2, 0) is 16.1 Å². The van der Waals surface area contributed by atoms with Crippen LogP contribution < -0.4 is 11.1 Å². The first-order valence-electron chi connectivity index (χ1n) is 9.98. The fraction of sp³-hybridized carbons (Fsp3) is 0.524. The van der Waals surface area contributed by atoms with Crippen molar-refractivity contribution in [2.45, 2.75) is 40.3 Å². The smallest absolute Gasteiger partial charge is 0.244 e. The molecule has 0 spiro atoms. The third kappa shape index (κ3) is 5.00. The van der Waals surface area contributed by atoms with Gasteiger partial charge in [0.05, 0.1) is 12.1 Å². The molecule has 1 saturated heterocycles. The number of nitrogens with two attached hydrogens (primary N) is 1. The van der Waals surface area contributed by atoms with E-state index in [0.29, 0.717) is 31.3 Å². The molecular formula is C21H30N6O2. The highest BCUT2D eigenvalue weighted by Crippen LogP contribution is 2.18. The van der Waals surface area contributed by atoms with E-state index in [1.165, 1.54) is 0 Å². The second-order valence-corrected chi connectivity index (χ2v) is 8.59. The summed E-state index contributed by atoms with van der Waals surface area (Å²) in [6.45, 7) is 10.5. The summed E-state index contributed by atoms with van der Waals surface area (Å²) < 4.78 is 0. The van der Waals surface area contributed by atoms with Gasteiger partial charge in [0.25, 0.3) is 0 Å². The summed E-state index contributed by atoms with van der Waals surface area (Å²) in [5, 5.41) is 3.67. The SMILES string of the molecule is CC(NC(=O)C(C)(C)C)C(=O)N1CCN(Cc2nc(N)c3ccccc3n2)CC1. The molecule has 8 nitrogen and oxygen atoms in total. The minimum atomic E-state index is -0.531. The Morgan fingerprint density at radius 1 is 1.14 bits per heavy atom. The fourth-order valence-electron chi connectivity index (χ4n) is 3.30. The van der Waals surface area contributed by atoms with Crippen molar-refractivity contribution in [2.75, 3.05) is 31.9 Å². The number of amides is 2. The summed E-state index contributed by atoms with van der Waals surface area (Å²) in [6, 6.07) is 7.17. The monoisotopic (exact) mass is 398 g/mol. The second-order valence-electron chi connectivity index (χ2n) is 8.59. The molecule has 156 valence electrons. The van der Waals surface area contributed by atoms with Gasteiger partial charge < -0.3 is 16.0 Å². The number of carbonyl (C=O) groups excluding carboxylic acids is 2. The lowest BCUT2D eigenvalue weighted by molar-refractivity contribution is -0.139. The lowest BCUT2D eigenvalue weighted by Crippen LogP contribution is -2.55. The van der Waals surface area contributed by atoms with Crippen LogP contribution in [0.5, 0.6) is 0 Å². The van der Waals surface area contributed by atoms with Crippen molar-refractivity contribution in [1.29, 1.82) is 0 Å². The van der Waals surface area contributed by atoms with E-state index in [4.69, 9.17) is 5.73 Å². The van der Waals surface area contributed by atoms with Crippen LogP contribution in [0.25, 0.3) is 10.9 Å². The predicted molar refractivity (Wildman–Crippen MR) is 113 cm³/mol. The van der Waals surface area contributed by atoms with Gasteiger partial charge >= 0.3 is 0 Å². The Bertz CT molecular complexity index is 900. The first kappa shape index (κ1) is 21.0. The van der Waals surface area contributed by atoms with Crippen LogP contribution in [0.4, 0.5) is 5.82 Å². The van der Waals surface area contributed by atoms with Crippen LogP contribution in [0.1, 0.15) is 33.5 Å². The number of nitrogen functional groups attached to an aromatic ring is 1. The van der Waals surface area contributed by atoms with E-state index in [1.54, 1.807) is 11.8 Å². The van der Waals surface area contributed by atoms with Crippen molar-refractivity contribution < 1.29 is 9.59 Å². The number of rotatable bonds is 4. The summed E-state index contributed by atoms with van der Waals surface area (Å²) in [4.78, 5) is 37.8. The number of fused-ring (bicyclic) bond motifs is 1. The largest absolute Gasteiger partial charge is 0.383 e. The standard InChI is InChI=1S/C21H30N6O2/c1-14(23-20(29)21(2,3)4)19(28)27-11-9-26(10-12-27)13-17-24-16-8-6-5-7-15(16)18(22)25-17/h5-8,14H,9-13H2,1-4H3,(H,23,29)(H2,22,24,25). The molecule has 1 fully saturated rings. The van der Waals surface area contributed by atoms with Crippen molar-refractivity contribution in [3.63, 3.8) is 0 Å². The van der Waals surface area contributed by atoms with Crippen molar-refractivity contribution in [2.24, 2.45) is 5.41 Å². The fourth-order valence-corrected chi connectivity index (χ4v) is 3.30. The Hall–Kier alpha value is -2.74. The second kappa shape index (κ2) is 8.32. The van der Waals surface area contributed by atoms with Gasteiger partial charge in [0.2, 0.25) is 11.8 Å². The number of anilines is 1. The quantitative estimate of drug-likeness (QED) is 0.807. The van der Waals surface area contributed by atoms with E-state index in [1.807, 2.05) is 45.0 Å². The van der Waals surface area contributed by atoms with Crippen LogP contribution >= 0.6 is 0 Å². The lowest BCUT2D eigenvalue weighted by atomic mass is 9.95. The molecule has 1 atom stereocenters. The highest BCUT2D eigenvalue weighted by Gasteiger charge is 2.29. The Morgan fingerprint density at radius 2 is 1.79 bits per heavy atom. The first-order chi connectivity index (χ1) is 13.6. The number of nitrogens with zero attached hydrogens (tertiary/aromatic N) is 4. The maximum atomic E-state index is 12.7. The number of benzene rings is 1. The van der Waals surface area contributed by atoms with Crippen molar-refractivity contribution in [3.05, 3.63) is 30.1 Å². The third-order valence-corrected chi connectivity index (χ3v) is 5.13. The van der Waals surface area contributed by atoms with E-state index >= 15 is 0 Å². The number of carbonyl (C=O) groups is 2. The molecule has 2 heterocycles. The van der Waals surface area contributed by atoms with Gasteiger partial charge in [0, 0.05) is 37.0 Å². The summed E-state index contributed by atoms with van der Waals surface area (Å²) in [5.41, 5.74) is 6.39. The van der Waals surface area contributed by atoms with Crippen LogP contribution in [0.15, 0.2) is 24.3 Å². The van der Waals surface area contributed by atoms with Crippen LogP contribution in [0.2, 0.25) is 0 Å². The highest BCUT2D eigenvalue weighted by atomic mass is 16.2. The molecule has 1 aliphatic heterocycles. The minimum Gasteiger partial charge on any atom is -0.383 e. The van der Waals surface area contributed by atoms with Crippen molar-refractivity contribution in [3.8, 4) is 0 Å². The predicted octanol–water partition coefficient (Wildman–Crippen LogP) is 1.41. The zero-order chi connectivity index (χ0) is 21.2. The van der Waals surface area contributed by atoms with Gasteiger partial charge in [-0.25, -0.2) is 9.97 Å². The number of nitrogens with one attached hydrogen (secondary N) is 1. The Kier molecular flexibility index (Phi) is 6.02.